The zero-order valence-corrected chi connectivity index (χ0v) is 8.17. The SMILES string of the molecule is Nc1cc(Cl)c(N=C=S)cc1Cl. The Balaban J connectivity index is 3.32. The summed E-state index contributed by atoms with van der Waals surface area (Å²) in [7, 11) is 0. The molecule has 0 radical (unpaired) electrons. The topological polar surface area (TPSA) is 38.4 Å². The number of halogens is 2. The van der Waals surface area contributed by atoms with Crippen molar-refractivity contribution in [3.63, 3.8) is 0 Å². The van der Waals surface area contributed by atoms with Gasteiger partial charge >= 0.3 is 0 Å². The van der Waals surface area contributed by atoms with Gasteiger partial charge in [0, 0.05) is 0 Å². The minimum absolute atomic E-state index is 0.406. The molecule has 5 heteroatoms. The third-order valence-corrected chi connectivity index (χ3v) is 1.95. The summed E-state index contributed by atoms with van der Waals surface area (Å²) in [5.41, 5.74) is 6.38. The van der Waals surface area contributed by atoms with E-state index in [1.54, 1.807) is 6.07 Å². The Kier molecular flexibility index (Phi) is 3.06. The third-order valence-electron chi connectivity index (χ3n) is 1.23. The van der Waals surface area contributed by atoms with Gasteiger partial charge in [-0.2, -0.15) is 4.99 Å². The normalized spacial score (nSPS) is 9.17. The fraction of sp³-hybridized carbons (Fsp3) is 0. The van der Waals surface area contributed by atoms with Gasteiger partial charge < -0.3 is 5.73 Å². The zero-order chi connectivity index (χ0) is 9.14. The lowest BCUT2D eigenvalue weighted by molar-refractivity contribution is 1.55. The summed E-state index contributed by atoms with van der Waals surface area (Å²) in [6, 6.07) is 3.06. The number of aliphatic imine (C=N–C) groups is 1. The molecule has 2 N–H and O–H groups in total. The van der Waals surface area contributed by atoms with Crippen molar-refractivity contribution in [3.8, 4) is 0 Å². The number of hydrogen-bond acceptors (Lipinski definition) is 3. The van der Waals surface area contributed by atoms with E-state index in [4.69, 9.17) is 28.9 Å². The molecular formula is C7H4Cl2N2S. The molecule has 0 saturated carbocycles. The van der Waals surface area contributed by atoms with Gasteiger partial charge in [-0.15, -0.1) is 0 Å². The third kappa shape index (κ3) is 1.96. The van der Waals surface area contributed by atoms with E-state index in [1.165, 1.54) is 6.07 Å². The van der Waals surface area contributed by atoms with E-state index in [0.29, 0.717) is 21.4 Å². The van der Waals surface area contributed by atoms with E-state index >= 15 is 0 Å². The van der Waals surface area contributed by atoms with Crippen LogP contribution in [0.2, 0.25) is 10.0 Å². The molecule has 62 valence electrons. The van der Waals surface area contributed by atoms with Crippen LogP contribution in [0.5, 0.6) is 0 Å². The van der Waals surface area contributed by atoms with Crippen LogP contribution in [0.4, 0.5) is 11.4 Å². The Labute approximate surface area is 85.0 Å². The Morgan fingerprint density at radius 3 is 2.58 bits per heavy atom. The molecule has 1 aromatic carbocycles. The molecule has 0 amide bonds. The van der Waals surface area contributed by atoms with Gasteiger partial charge in [0.1, 0.15) is 0 Å². The molecule has 0 unspecified atom stereocenters. The lowest BCUT2D eigenvalue weighted by Gasteiger charge is -2.00. The lowest BCUT2D eigenvalue weighted by atomic mass is 10.3. The Bertz CT molecular complexity index is 359. The van der Waals surface area contributed by atoms with Gasteiger partial charge in [-0.25, -0.2) is 0 Å². The van der Waals surface area contributed by atoms with Gasteiger partial charge in [-0.3, -0.25) is 0 Å². The second-order valence-electron chi connectivity index (χ2n) is 2.03. The average Bonchev–Trinajstić information content (AvgIpc) is 2.01. The number of nitrogens with zero attached hydrogens (tertiary/aromatic N) is 1. The van der Waals surface area contributed by atoms with Crippen molar-refractivity contribution in [2.45, 2.75) is 0 Å². The lowest BCUT2D eigenvalue weighted by Crippen LogP contribution is -1.85. The van der Waals surface area contributed by atoms with Gasteiger partial charge in [0.05, 0.1) is 26.6 Å². The highest BCUT2D eigenvalue weighted by Crippen LogP contribution is 2.32. The molecule has 1 aromatic rings. The molecule has 0 saturated heterocycles. The van der Waals surface area contributed by atoms with E-state index in [-0.39, 0.29) is 0 Å². The number of rotatable bonds is 1. The van der Waals surface area contributed by atoms with Gasteiger partial charge in [-0.1, -0.05) is 23.2 Å². The Morgan fingerprint density at radius 2 is 2.00 bits per heavy atom. The molecule has 0 aliphatic carbocycles. The van der Waals surface area contributed by atoms with Crippen molar-refractivity contribution in [2.75, 3.05) is 5.73 Å². The fourth-order valence-corrected chi connectivity index (χ4v) is 1.16. The maximum Gasteiger partial charge on any atom is 0.0942 e. The largest absolute Gasteiger partial charge is 0.397 e. The molecule has 0 spiro atoms. The summed E-state index contributed by atoms with van der Waals surface area (Å²) < 4.78 is 0. The molecule has 12 heavy (non-hydrogen) atoms. The number of isothiocyanates is 1. The van der Waals surface area contributed by atoms with Crippen molar-refractivity contribution in [1.29, 1.82) is 0 Å². The maximum absolute atomic E-state index is 5.76. The molecule has 0 aromatic heterocycles. The number of anilines is 1. The first-order chi connectivity index (χ1) is 5.65. The predicted molar refractivity (Wildman–Crippen MR) is 55.6 cm³/mol. The first-order valence-electron chi connectivity index (χ1n) is 2.97. The monoisotopic (exact) mass is 218 g/mol. The van der Waals surface area contributed by atoms with Crippen molar-refractivity contribution in [1.82, 2.24) is 0 Å². The maximum atomic E-state index is 5.76. The van der Waals surface area contributed by atoms with E-state index in [1.807, 2.05) is 0 Å². The van der Waals surface area contributed by atoms with Crippen LogP contribution in [0.25, 0.3) is 0 Å². The quantitative estimate of drug-likeness (QED) is 0.447. The zero-order valence-electron chi connectivity index (χ0n) is 5.84. The van der Waals surface area contributed by atoms with Crippen LogP contribution in [-0.4, -0.2) is 5.16 Å². The highest BCUT2D eigenvalue weighted by molar-refractivity contribution is 7.78. The van der Waals surface area contributed by atoms with Gasteiger partial charge in [0.2, 0.25) is 0 Å². The second-order valence-corrected chi connectivity index (χ2v) is 3.03. The van der Waals surface area contributed by atoms with Crippen LogP contribution in [0.3, 0.4) is 0 Å². The Morgan fingerprint density at radius 1 is 1.33 bits per heavy atom. The minimum atomic E-state index is 0.406. The molecule has 0 bridgehead atoms. The highest BCUT2D eigenvalue weighted by Gasteiger charge is 2.02. The standard InChI is InChI=1S/C7H4Cl2N2S/c8-4-2-7(11-3-12)5(9)1-6(4)10/h1-2H,10H2. The fourth-order valence-electron chi connectivity index (χ4n) is 0.687. The molecule has 0 fully saturated rings. The van der Waals surface area contributed by atoms with E-state index in [9.17, 15) is 0 Å². The van der Waals surface area contributed by atoms with Crippen molar-refractivity contribution in [3.05, 3.63) is 22.2 Å². The van der Waals surface area contributed by atoms with E-state index < -0.39 is 0 Å². The summed E-state index contributed by atoms with van der Waals surface area (Å²) in [6.07, 6.45) is 0. The van der Waals surface area contributed by atoms with Crippen molar-refractivity contribution in [2.24, 2.45) is 4.99 Å². The number of benzene rings is 1. The number of nitrogens with two attached hydrogens (primary N) is 1. The smallest absolute Gasteiger partial charge is 0.0942 e. The summed E-state index contributed by atoms with van der Waals surface area (Å²) in [5.74, 6) is 0. The van der Waals surface area contributed by atoms with Crippen LogP contribution in [0, 0.1) is 0 Å². The first kappa shape index (κ1) is 9.49. The number of nitrogen functional groups attached to an aromatic ring is 1. The van der Waals surface area contributed by atoms with E-state index in [2.05, 4.69) is 22.4 Å². The highest BCUT2D eigenvalue weighted by atomic mass is 35.5. The van der Waals surface area contributed by atoms with Crippen LogP contribution in [0.15, 0.2) is 17.1 Å². The van der Waals surface area contributed by atoms with Crippen LogP contribution >= 0.6 is 35.4 Å². The summed E-state index contributed by atoms with van der Waals surface area (Å²) in [4.78, 5) is 3.70. The van der Waals surface area contributed by atoms with Gasteiger partial charge in [0.25, 0.3) is 0 Å². The van der Waals surface area contributed by atoms with Gasteiger partial charge in [-0.05, 0) is 24.4 Å². The summed E-state index contributed by atoms with van der Waals surface area (Å²) >= 11 is 15.9. The predicted octanol–water partition coefficient (Wildman–Crippen LogP) is 3.31. The van der Waals surface area contributed by atoms with Crippen LogP contribution < -0.4 is 5.73 Å². The molecule has 0 heterocycles. The minimum Gasteiger partial charge on any atom is -0.397 e. The molecule has 1 rings (SSSR count). The van der Waals surface area contributed by atoms with Crippen molar-refractivity contribution < 1.29 is 0 Å². The first-order valence-corrected chi connectivity index (χ1v) is 4.14. The second kappa shape index (κ2) is 3.87. The summed E-state index contributed by atoms with van der Waals surface area (Å²) in [5, 5.41) is 3.01. The summed E-state index contributed by atoms with van der Waals surface area (Å²) in [6.45, 7) is 0. The Hall–Kier alpha value is -0.600. The number of hydrogen-bond donors (Lipinski definition) is 1. The van der Waals surface area contributed by atoms with Crippen molar-refractivity contribution >= 4 is 52.0 Å². The average molecular weight is 219 g/mol. The molecule has 0 aliphatic heterocycles. The molecule has 2 nitrogen and oxygen atoms in total. The van der Waals surface area contributed by atoms with Crippen LogP contribution in [-0.2, 0) is 0 Å². The number of thiocarbonyl (C=S) groups is 1. The van der Waals surface area contributed by atoms with Gasteiger partial charge in [0.15, 0.2) is 0 Å². The molecule has 0 aliphatic rings. The van der Waals surface area contributed by atoms with Crippen LogP contribution in [0.1, 0.15) is 0 Å². The molecule has 0 atom stereocenters. The molecular weight excluding hydrogens is 215 g/mol. The van der Waals surface area contributed by atoms with E-state index in [0.717, 1.165) is 0 Å².